The number of fused-ring (bicyclic) bond motifs is 1. The third-order valence-electron chi connectivity index (χ3n) is 6.05. The number of thiocarbonyl (C=S) groups is 1. The van der Waals surface area contributed by atoms with E-state index in [0.717, 1.165) is 55.0 Å². The minimum absolute atomic E-state index is 0.416. The third-order valence-corrected chi connectivity index (χ3v) is 7.10. The summed E-state index contributed by atoms with van der Waals surface area (Å²) in [5.41, 5.74) is 17.4. The number of hydrogen-bond acceptors (Lipinski definition) is 6. The van der Waals surface area contributed by atoms with Gasteiger partial charge in [-0.1, -0.05) is 53.9 Å². The Bertz CT molecular complexity index is 1270. The molecule has 0 bridgehead atoms. The molecule has 1 fully saturated rings. The topological polar surface area (TPSA) is 92.0 Å². The molecule has 0 unspecified atom stereocenters. The molecule has 6 nitrogen and oxygen atoms in total. The van der Waals surface area contributed by atoms with Crippen molar-refractivity contribution in [2.45, 2.75) is 31.7 Å². The summed E-state index contributed by atoms with van der Waals surface area (Å²) in [6.07, 6.45) is 6.06. The van der Waals surface area contributed by atoms with Crippen molar-refractivity contribution < 1.29 is 4.74 Å². The van der Waals surface area contributed by atoms with E-state index in [1.165, 1.54) is 33.4 Å². The number of anilines is 1. The highest BCUT2D eigenvalue weighted by Gasteiger charge is 2.20. The Morgan fingerprint density at radius 3 is 2.72 bits per heavy atom. The number of nitrogen functional groups attached to an aromatic ring is 1. The first kappa shape index (κ1) is 21.1. The molecule has 0 amide bonds. The predicted octanol–water partition coefficient (Wildman–Crippen LogP) is 4.51. The van der Waals surface area contributed by atoms with E-state index >= 15 is 0 Å². The lowest BCUT2D eigenvalue weighted by Crippen LogP contribution is -2.18. The van der Waals surface area contributed by atoms with Crippen LogP contribution in [0, 0.1) is 0 Å². The number of benzene rings is 2. The Hall–Kier alpha value is -2.81. The zero-order chi connectivity index (χ0) is 22.1. The van der Waals surface area contributed by atoms with Crippen molar-refractivity contribution in [3.8, 4) is 11.1 Å². The summed E-state index contributed by atoms with van der Waals surface area (Å²) in [7, 11) is 0. The number of hydrogen-bond donors (Lipinski definition) is 2. The lowest BCUT2D eigenvalue weighted by Gasteiger charge is -2.24. The molecule has 5 rings (SSSR count). The van der Waals surface area contributed by atoms with Gasteiger partial charge in [-0.3, -0.25) is 0 Å². The van der Waals surface area contributed by atoms with Gasteiger partial charge in [-0.25, -0.2) is 0 Å². The summed E-state index contributed by atoms with van der Waals surface area (Å²) in [5, 5.41) is 10.8. The van der Waals surface area contributed by atoms with Crippen LogP contribution >= 0.6 is 23.6 Å². The number of rotatable bonds is 6. The monoisotopic (exact) mass is 463 g/mol. The van der Waals surface area contributed by atoms with Crippen LogP contribution in [0.5, 0.6) is 0 Å². The summed E-state index contributed by atoms with van der Waals surface area (Å²) >= 11 is 6.66. The molecule has 3 heterocycles. The normalized spacial score (nSPS) is 14.8. The van der Waals surface area contributed by atoms with Gasteiger partial charge in [0.05, 0.1) is 0 Å². The first-order chi connectivity index (χ1) is 15.6. The van der Waals surface area contributed by atoms with Crippen LogP contribution in [0.3, 0.4) is 0 Å². The van der Waals surface area contributed by atoms with Crippen LogP contribution in [-0.2, 0) is 17.6 Å². The average molecular weight is 464 g/mol. The Morgan fingerprint density at radius 1 is 1.12 bits per heavy atom. The fourth-order valence-electron chi connectivity index (χ4n) is 4.41. The molecule has 2 aromatic heterocycles. The molecule has 0 aliphatic carbocycles. The second-order valence-electron chi connectivity index (χ2n) is 8.12. The van der Waals surface area contributed by atoms with E-state index < -0.39 is 0 Å². The second kappa shape index (κ2) is 8.97. The Kier molecular flexibility index (Phi) is 5.91. The first-order valence-electron chi connectivity index (χ1n) is 10.8. The highest BCUT2D eigenvalue weighted by molar-refractivity contribution is 7.80. The minimum Gasteiger partial charge on any atom is -0.389 e. The van der Waals surface area contributed by atoms with Crippen LogP contribution in [0.1, 0.15) is 35.0 Å². The standard InChI is InChI=1S/C24H25N5OS2/c25-23(31)17-3-1-2-16(13-17)20-14-29(18-8-10-30-11-9-18)21-12-15(4-6-19(20)21)5-7-22-27-28-24(26)32-22/h1-4,6,12-14,18H,5,7-11H2,(H2,25,31)(H2,26,28). The quantitative estimate of drug-likeness (QED) is 0.409. The van der Waals surface area contributed by atoms with E-state index in [2.05, 4.69) is 51.3 Å². The second-order valence-corrected chi connectivity index (χ2v) is 9.66. The molecular weight excluding hydrogens is 438 g/mol. The molecule has 1 saturated heterocycles. The fourth-order valence-corrected chi connectivity index (χ4v) is 5.14. The van der Waals surface area contributed by atoms with Crippen molar-refractivity contribution in [2.75, 3.05) is 18.9 Å². The van der Waals surface area contributed by atoms with E-state index in [1.807, 2.05) is 12.1 Å². The molecule has 4 N–H and O–H groups in total. The van der Waals surface area contributed by atoms with Gasteiger partial charge in [0.1, 0.15) is 10.00 Å². The highest BCUT2D eigenvalue weighted by atomic mass is 32.1. The van der Waals surface area contributed by atoms with Crippen molar-refractivity contribution in [1.82, 2.24) is 14.8 Å². The minimum atomic E-state index is 0.416. The average Bonchev–Trinajstić information content (AvgIpc) is 3.41. The Labute approximate surface area is 196 Å². The highest BCUT2D eigenvalue weighted by Crippen LogP contribution is 2.36. The van der Waals surface area contributed by atoms with E-state index in [9.17, 15) is 0 Å². The van der Waals surface area contributed by atoms with Gasteiger partial charge in [0.2, 0.25) is 5.13 Å². The summed E-state index contributed by atoms with van der Waals surface area (Å²) < 4.78 is 8.05. The van der Waals surface area contributed by atoms with Crippen LogP contribution in [0.4, 0.5) is 5.13 Å². The Morgan fingerprint density at radius 2 is 1.97 bits per heavy atom. The van der Waals surface area contributed by atoms with Gasteiger partial charge in [0.15, 0.2) is 0 Å². The van der Waals surface area contributed by atoms with Crippen LogP contribution in [0.2, 0.25) is 0 Å². The molecule has 0 saturated carbocycles. The summed E-state index contributed by atoms with van der Waals surface area (Å²) in [6.45, 7) is 1.60. The van der Waals surface area contributed by atoms with Crippen LogP contribution in [-0.4, -0.2) is 33.0 Å². The van der Waals surface area contributed by atoms with Gasteiger partial charge in [-0.15, -0.1) is 10.2 Å². The molecule has 8 heteroatoms. The maximum absolute atomic E-state index is 5.89. The summed E-state index contributed by atoms with van der Waals surface area (Å²) in [4.78, 5) is 0.416. The van der Waals surface area contributed by atoms with Crippen molar-refractivity contribution >= 4 is 44.6 Å². The number of nitrogens with zero attached hydrogens (tertiary/aromatic N) is 3. The SMILES string of the molecule is NC(=S)c1cccc(-c2cn(C3CCOCC3)c3cc(CCc4nnc(N)s4)ccc23)c1. The lowest BCUT2D eigenvalue weighted by molar-refractivity contribution is 0.0707. The number of aryl methyl sites for hydroxylation is 2. The van der Waals surface area contributed by atoms with Crippen molar-refractivity contribution in [2.24, 2.45) is 5.73 Å². The molecule has 0 spiro atoms. The number of ether oxygens (including phenoxy) is 1. The molecule has 1 aliphatic heterocycles. The zero-order valence-corrected chi connectivity index (χ0v) is 19.3. The van der Waals surface area contributed by atoms with Crippen molar-refractivity contribution in [3.05, 3.63) is 64.8 Å². The number of aromatic nitrogens is 3. The molecule has 32 heavy (non-hydrogen) atoms. The maximum Gasteiger partial charge on any atom is 0.203 e. The summed E-state index contributed by atoms with van der Waals surface area (Å²) in [5.74, 6) is 0. The predicted molar refractivity (Wildman–Crippen MR) is 134 cm³/mol. The van der Waals surface area contributed by atoms with Gasteiger partial charge in [-0.05, 0) is 42.5 Å². The van der Waals surface area contributed by atoms with Crippen LogP contribution < -0.4 is 11.5 Å². The van der Waals surface area contributed by atoms with Gasteiger partial charge >= 0.3 is 0 Å². The first-order valence-corrected chi connectivity index (χ1v) is 12.0. The zero-order valence-electron chi connectivity index (χ0n) is 17.7. The third kappa shape index (κ3) is 4.26. The smallest absolute Gasteiger partial charge is 0.203 e. The molecule has 2 aromatic carbocycles. The Balaban J connectivity index is 1.55. The molecule has 4 aromatic rings. The lowest BCUT2D eigenvalue weighted by atomic mass is 10.0. The largest absolute Gasteiger partial charge is 0.389 e. The molecule has 0 radical (unpaired) electrons. The molecular formula is C24H25N5OS2. The van der Waals surface area contributed by atoms with Gasteiger partial charge < -0.3 is 20.8 Å². The van der Waals surface area contributed by atoms with E-state index in [-0.39, 0.29) is 0 Å². The molecule has 164 valence electrons. The molecule has 0 atom stereocenters. The van der Waals surface area contributed by atoms with E-state index in [0.29, 0.717) is 16.2 Å². The van der Waals surface area contributed by atoms with Crippen molar-refractivity contribution in [3.63, 3.8) is 0 Å². The maximum atomic E-state index is 5.89. The summed E-state index contributed by atoms with van der Waals surface area (Å²) in [6, 6.07) is 15.4. The fraction of sp³-hybridized carbons (Fsp3) is 0.292. The van der Waals surface area contributed by atoms with Crippen LogP contribution in [0.15, 0.2) is 48.7 Å². The van der Waals surface area contributed by atoms with Gasteiger partial charge in [-0.2, -0.15) is 0 Å². The van der Waals surface area contributed by atoms with Gasteiger partial charge in [0.25, 0.3) is 0 Å². The number of nitrogens with two attached hydrogens (primary N) is 2. The van der Waals surface area contributed by atoms with E-state index in [4.69, 9.17) is 28.4 Å². The van der Waals surface area contributed by atoms with Gasteiger partial charge in [0, 0.05) is 53.9 Å². The molecule has 1 aliphatic rings. The van der Waals surface area contributed by atoms with E-state index in [1.54, 1.807) is 0 Å². The van der Waals surface area contributed by atoms with Crippen molar-refractivity contribution in [1.29, 1.82) is 0 Å². The van der Waals surface area contributed by atoms with Crippen LogP contribution in [0.25, 0.3) is 22.0 Å².